The van der Waals surface area contributed by atoms with E-state index >= 15 is 0 Å². The van der Waals surface area contributed by atoms with Crippen LogP contribution < -0.4 is 10.1 Å². The van der Waals surface area contributed by atoms with Gasteiger partial charge in [0.2, 0.25) is 0 Å². The van der Waals surface area contributed by atoms with Crippen molar-refractivity contribution in [2.24, 2.45) is 0 Å². The summed E-state index contributed by atoms with van der Waals surface area (Å²) in [6, 6.07) is 3.99. The molecule has 0 aromatic heterocycles. The van der Waals surface area contributed by atoms with E-state index in [1.54, 1.807) is 0 Å². The number of ether oxygens (including phenoxy) is 1. The minimum Gasteiger partial charge on any atom is -0.483 e. The first-order valence-electron chi connectivity index (χ1n) is 8.79. The highest BCUT2D eigenvalue weighted by Crippen LogP contribution is 2.25. The molecule has 1 saturated heterocycles. The van der Waals surface area contributed by atoms with Gasteiger partial charge in [0.25, 0.3) is 16.1 Å². The van der Waals surface area contributed by atoms with Gasteiger partial charge in [0.15, 0.2) is 6.61 Å². The lowest BCUT2D eigenvalue weighted by atomic mass is 10.1. The summed E-state index contributed by atoms with van der Waals surface area (Å²) in [7, 11) is -0.335. The number of rotatable bonds is 6. The largest absolute Gasteiger partial charge is 0.483 e. The van der Waals surface area contributed by atoms with Crippen LogP contribution in [-0.2, 0) is 15.0 Å². The summed E-state index contributed by atoms with van der Waals surface area (Å²) in [4.78, 5) is 12.2. The van der Waals surface area contributed by atoms with Gasteiger partial charge in [-0.25, -0.2) is 0 Å². The number of nitrogens with one attached hydrogen (secondary N) is 1. The molecule has 26 heavy (non-hydrogen) atoms. The Morgan fingerprint density at radius 3 is 2.35 bits per heavy atom. The quantitative estimate of drug-likeness (QED) is 0.805. The molecule has 0 radical (unpaired) electrons. The Hall–Kier alpha value is -1.64. The molecular weight excluding hydrogens is 354 g/mol. The van der Waals surface area contributed by atoms with Crippen molar-refractivity contribution in [3.63, 3.8) is 0 Å². The maximum atomic E-state index is 12.2. The van der Waals surface area contributed by atoms with Gasteiger partial charge in [0.1, 0.15) is 5.75 Å². The molecule has 1 aromatic rings. The van der Waals surface area contributed by atoms with Gasteiger partial charge in [0, 0.05) is 33.2 Å². The van der Waals surface area contributed by atoms with E-state index in [1.807, 2.05) is 32.9 Å². The average Bonchev–Trinajstić information content (AvgIpc) is 2.58. The summed E-state index contributed by atoms with van der Waals surface area (Å²) < 4.78 is 32.6. The summed E-state index contributed by atoms with van der Waals surface area (Å²) in [6.45, 7) is 6.72. The van der Waals surface area contributed by atoms with Crippen LogP contribution >= 0.6 is 0 Å². The Morgan fingerprint density at radius 2 is 1.77 bits per heavy atom. The van der Waals surface area contributed by atoms with Crippen molar-refractivity contribution in [3.8, 4) is 5.75 Å². The fourth-order valence-corrected chi connectivity index (χ4v) is 4.15. The van der Waals surface area contributed by atoms with Crippen LogP contribution in [0, 0.1) is 20.8 Å². The fourth-order valence-electron chi connectivity index (χ4n) is 3.02. The summed E-state index contributed by atoms with van der Waals surface area (Å²) >= 11 is 0. The molecule has 1 aliphatic rings. The van der Waals surface area contributed by atoms with Gasteiger partial charge in [-0.1, -0.05) is 12.1 Å². The maximum absolute atomic E-state index is 12.2. The first-order valence-corrected chi connectivity index (χ1v) is 10.2. The van der Waals surface area contributed by atoms with E-state index in [1.165, 1.54) is 22.7 Å². The molecule has 0 bridgehead atoms. The van der Waals surface area contributed by atoms with Crippen molar-refractivity contribution >= 4 is 16.1 Å². The number of hydrogen-bond acceptors (Lipinski definition) is 4. The summed E-state index contributed by atoms with van der Waals surface area (Å²) in [5, 5.41) is 2.94. The molecule has 1 aliphatic heterocycles. The molecule has 0 atom stereocenters. The second-order valence-corrected chi connectivity index (χ2v) is 9.12. The molecule has 1 amide bonds. The Labute approximate surface area is 156 Å². The molecule has 0 saturated carbocycles. The summed E-state index contributed by atoms with van der Waals surface area (Å²) in [5.74, 6) is 0.575. The van der Waals surface area contributed by atoms with E-state index in [2.05, 4.69) is 5.32 Å². The van der Waals surface area contributed by atoms with Crippen molar-refractivity contribution in [2.45, 2.75) is 39.7 Å². The average molecular weight is 384 g/mol. The van der Waals surface area contributed by atoms with E-state index in [0.717, 1.165) is 22.4 Å². The second kappa shape index (κ2) is 8.37. The smallest absolute Gasteiger partial charge is 0.281 e. The number of carbonyl (C=O) groups is 1. The number of nitrogens with zero attached hydrogens (tertiary/aromatic N) is 2. The topological polar surface area (TPSA) is 79.0 Å². The highest BCUT2D eigenvalue weighted by atomic mass is 32.2. The predicted molar refractivity (Wildman–Crippen MR) is 101 cm³/mol. The van der Waals surface area contributed by atoms with Crippen LogP contribution in [0.4, 0.5) is 0 Å². The highest BCUT2D eigenvalue weighted by Gasteiger charge is 2.30. The Bertz CT molecular complexity index is 754. The highest BCUT2D eigenvalue weighted by molar-refractivity contribution is 7.86. The third-order valence-corrected chi connectivity index (χ3v) is 6.77. The second-order valence-electron chi connectivity index (χ2n) is 6.97. The van der Waals surface area contributed by atoms with Crippen molar-refractivity contribution in [3.05, 3.63) is 28.8 Å². The standard InChI is InChI=1S/C18H29N3O4S/c1-13-6-7-14(2)18(15(13)3)25-12-17(22)19-16-8-10-21(11-9-16)26(23,24)20(4)5/h6-7,16H,8-12H2,1-5H3,(H,19,22). The predicted octanol–water partition coefficient (Wildman–Crippen LogP) is 1.38. The lowest BCUT2D eigenvalue weighted by molar-refractivity contribution is -0.124. The lowest BCUT2D eigenvalue weighted by Crippen LogP contribution is -2.50. The van der Waals surface area contributed by atoms with Gasteiger partial charge in [0.05, 0.1) is 0 Å². The van der Waals surface area contributed by atoms with Crippen molar-refractivity contribution in [2.75, 3.05) is 33.8 Å². The minimum absolute atomic E-state index is 0.0283. The van der Waals surface area contributed by atoms with Crippen LogP contribution in [0.15, 0.2) is 12.1 Å². The van der Waals surface area contributed by atoms with Crippen LogP contribution in [0.5, 0.6) is 5.75 Å². The van der Waals surface area contributed by atoms with Crippen LogP contribution in [0.25, 0.3) is 0 Å². The van der Waals surface area contributed by atoms with Crippen molar-refractivity contribution in [1.29, 1.82) is 0 Å². The van der Waals surface area contributed by atoms with E-state index in [4.69, 9.17) is 4.74 Å². The summed E-state index contributed by atoms with van der Waals surface area (Å²) in [6.07, 6.45) is 1.20. The third kappa shape index (κ3) is 4.75. The fraction of sp³-hybridized carbons (Fsp3) is 0.611. The molecule has 1 aromatic carbocycles. The van der Waals surface area contributed by atoms with Gasteiger partial charge in [-0.15, -0.1) is 0 Å². The Balaban J connectivity index is 1.84. The van der Waals surface area contributed by atoms with E-state index in [9.17, 15) is 13.2 Å². The molecule has 1 N–H and O–H groups in total. The van der Waals surface area contributed by atoms with Gasteiger partial charge in [-0.05, 0) is 50.3 Å². The molecular formula is C18H29N3O4S. The van der Waals surface area contributed by atoms with Gasteiger partial charge in [-0.3, -0.25) is 4.79 Å². The number of benzene rings is 1. The third-order valence-electron chi connectivity index (χ3n) is 4.83. The zero-order chi connectivity index (χ0) is 19.5. The SMILES string of the molecule is Cc1ccc(C)c(OCC(=O)NC2CCN(S(=O)(=O)N(C)C)CC2)c1C. The molecule has 2 rings (SSSR count). The Morgan fingerprint density at radius 1 is 1.19 bits per heavy atom. The molecule has 0 unspecified atom stereocenters. The first-order chi connectivity index (χ1) is 12.1. The van der Waals surface area contributed by atoms with Gasteiger partial charge < -0.3 is 10.1 Å². The van der Waals surface area contributed by atoms with Crippen molar-refractivity contribution in [1.82, 2.24) is 13.9 Å². The number of carbonyl (C=O) groups excluding carboxylic acids is 1. The number of amides is 1. The number of hydrogen-bond donors (Lipinski definition) is 1. The lowest BCUT2D eigenvalue weighted by Gasteiger charge is -2.33. The number of piperidine rings is 1. The molecule has 0 spiro atoms. The van der Waals surface area contributed by atoms with E-state index in [-0.39, 0.29) is 18.6 Å². The first kappa shape index (κ1) is 20.7. The molecule has 7 nitrogen and oxygen atoms in total. The zero-order valence-corrected chi connectivity index (χ0v) is 17.0. The van der Waals surface area contributed by atoms with E-state index in [0.29, 0.717) is 25.9 Å². The number of aryl methyl sites for hydroxylation is 2. The van der Waals surface area contributed by atoms with E-state index < -0.39 is 10.2 Å². The molecule has 1 heterocycles. The molecule has 1 fully saturated rings. The van der Waals surface area contributed by atoms with Crippen molar-refractivity contribution < 1.29 is 17.9 Å². The normalized spacial score (nSPS) is 16.7. The van der Waals surface area contributed by atoms with Gasteiger partial charge >= 0.3 is 0 Å². The maximum Gasteiger partial charge on any atom is 0.281 e. The summed E-state index contributed by atoms with van der Waals surface area (Å²) in [5.41, 5.74) is 3.17. The van der Waals surface area contributed by atoms with Crippen LogP contribution in [-0.4, -0.2) is 62.8 Å². The minimum atomic E-state index is -3.38. The van der Waals surface area contributed by atoms with Crippen LogP contribution in [0.3, 0.4) is 0 Å². The molecule has 0 aliphatic carbocycles. The Kier molecular flexibility index (Phi) is 6.65. The van der Waals surface area contributed by atoms with Crippen LogP contribution in [0.1, 0.15) is 29.5 Å². The van der Waals surface area contributed by atoms with Gasteiger partial charge in [-0.2, -0.15) is 17.0 Å². The molecule has 8 heteroatoms. The van der Waals surface area contributed by atoms with Crippen LogP contribution in [0.2, 0.25) is 0 Å². The monoisotopic (exact) mass is 383 g/mol. The zero-order valence-electron chi connectivity index (χ0n) is 16.2. The molecule has 146 valence electrons.